The van der Waals surface area contributed by atoms with Gasteiger partial charge in [0, 0.05) is 10.4 Å². The second-order valence-corrected chi connectivity index (χ2v) is 5.97. The first-order valence-corrected chi connectivity index (χ1v) is 8.02. The van der Waals surface area contributed by atoms with E-state index in [4.69, 9.17) is 9.52 Å². The van der Waals surface area contributed by atoms with E-state index in [1.807, 2.05) is 30.5 Å². The van der Waals surface area contributed by atoms with Gasteiger partial charge >= 0.3 is 5.97 Å². The number of rotatable bonds is 4. The van der Waals surface area contributed by atoms with Gasteiger partial charge in [0.1, 0.15) is 11.3 Å². The van der Waals surface area contributed by atoms with Gasteiger partial charge in [-0.3, -0.25) is 4.79 Å². The van der Waals surface area contributed by atoms with E-state index in [1.165, 1.54) is 18.2 Å². The Hall–Kier alpha value is -2.66. The molecule has 0 fully saturated rings. The molecule has 0 aliphatic carbocycles. The number of fused-ring (bicyclic) bond motifs is 1. The van der Waals surface area contributed by atoms with Crippen molar-refractivity contribution in [3.8, 4) is 0 Å². The Morgan fingerprint density at radius 3 is 2.78 bits per heavy atom. The standard InChI is InChI=1S/C18H14O4S/c1-2-13-15(8-6-12-4-3-9-23-12)22-16-7-5-11(18(20)21)10-14(16)17(13)19/h3-10H,2H2,1H3,(H,20,21). The third-order valence-electron chi connectivity index (χ3n) is 3.56. The molecular weight excluding hydrogens is 312 g/mol. The van der Waals surface area contributed by atoms with Gasteiger partial charge in [0.05, 0.1) is 10.9 Å². The maximum absolute atomic E-state index is 12.6. The average molecular weight is 326 g/mol. The van der Waals surface area contributed by atoms with Crippen LogP contribution in [-0.4, -0.2) is 11.1 Å². The Balaban J connectivity index is 2.17. The zero-order valence-electron chi connectivity index (χ0n) is 12.4. The van der Waals surface area contributed by atoms with Crippen LogP contribution < -0.4 is 5.43 Å². The minimum Gasteiger partial charge on any atom is -0.478 e. The van der Waals surface area contributed by atoms with Crippen LogP contribution >= 0.6 is 11.3 Å². The van der Waals surface area contributed by atoms with Crippen LogP contribution in [0, 0.1) is 0 Å². The smallest absolute Gasteiger partial charge is 0.335 e. The highest BCUT2D eigenvalue weighted by Gasteiger charge is 2.13. The molecule has 1 N–H and O–H groups in total. The van der Waals surface area contributed by atoms with Crippen LogP contribution in [0.5, 0.6) is 0 Å². The van der Waals surface area contributed by atoms with Gasteiger partial charge < -0.3 is 9.52 Å². The fraction of sp³-hybridized carbons (Fsp3) is 0.111. The molecule has 0 aliphatic rings. The zero-order chi connectivity index (χ0) is 16.4. The van der Waals surface area contributed by atoms with Gasteiger partial charge in [-0.2, -0.15) is 0 Å². The third-order valence-corrected chi connectivity index (χ3v) is 4.40. The van der Waals surface area contributed by atoms with Crippen LogP contribution in [0.15, 0.2) is 44.9 Å². The van der Waals surface area contributed by atoms with Crippen molar-refractivity contribution < 1.29 is 14.3 Å². The molecule has 0 unspecified atom stereocenters. The van der Waals surface area contributed by atoms with E-state index in [-0.39, 0.29) is 11.0 Å². The minimum atomic E-state index is -1.06. The van der Waals surface area contributed by atoms with E-state index < -0.39 is 5.97 Å². The molecule has 23 heavy (non-hydrogen) atoms. The van der Waals surface area contributed by atoms with Crippen molar-refractivity contribution in [1.29, 1.82) is 0 Å². The lowest BCUT2D eigenvalue weighted by Gasteiger charge is -2.06. The quantitative estimate of drug-likeness (QED) is 0.777. The van der Waals surface area contributed by atoms with E-state index >= 15 is 0 Å². The second kappa shape index (κ2) is 6.22. The summed E-state index contributed by atoms with van der Waals surface area (Å²) in [5, 5.41) is 11.3. The highest BCUT2D eigenvalue weighted by atomic mass is 32.1. The van der Waals surface area contributed by atoms with Crippen LogP contribution in [0.3, 0.4) is 0 Å². The summed E-state index contributed by atoms with van der Waals surface area (Å²) in [6.07, 6.45) is 4.20. The molecule has 0 bridgehead atoms. The number of aromatic carboxylic acids is 1. The van der Waals surface area contributed by atoms with Crippen molar-refractivity contribution in [2.24, 2.45) is 0 Å². The number of carboxylic acid groups (broad SMARTS) is 1. The molecule has 1 aromatic carbocycles. The summed E-state index contributed by atoms with van der Waals surface area (Å²) >= 11 is 1.60. The molecule has 4 nitrogen and oxygen atoms in total. The van der Waals surface area contributed by atoms with E-state index in [1.54, 1.807) is 17.4 Å². The van der Waals surface area contributed by atoms with Gasteiger partial charge in [-0.05, 0) is 48.2 Å². The molecule has 0 saturated carbocycles. The normalized spacial score (nSPS) is 11.3. The van der Waals surface area contributed by atoms with E-state index in [0.717, 1.165) is 4.88 Å². The molecule has 3 rings (SSSR count). The zero-order valence-corrected chi connectivity index (χ0v) is 13.2. The second-order valence-electron chi connectivity index (χ2n) is 4.99. The Kier molecular flexibility index (Phi) is 4.12. The molecular formula is C18H14O4S. The van der Waals surface area contributed by atoms with Gasteiger partial charge in [0.2, 0.25) is 0 Å². The molecule has 5 heteroatoms. The number of hydrogen-bond acceptors (Lipinski definition) is 4. The van der Waals surface area contributed by atoms with Gasteiger partial charge in [0.15, 0.2) is 5.43 Å². The Labute approximate surface area is 136 Å². The van der Waals surface area contributed by atoms with Crippen LogP contribution in [0.1, 0.15) is 33.5 Å². The van der Waals surface area contributed by atoms with E-state index in [0.29, 0.717) is 28.7 Å². The molecule has 2 aromatic heterocycles. The molecule has 0 saturated heterocycles. The summed E-state index contributed by atoms with van der Waals surface area (Å²) in [6.45, 7) is 1.88. The Morgan fingerprint density at radius 1 is 1.30 bits per heavy atom. The van der Waals surface area contributed by atoms with Crippen LogP contribution in [0.25, 0.3) is 23.1 Å². The fourth-order valence-electron chi connectivity index (χ4n) is 2.40. The first-order chi connectivity index (χ1) is 11.1. The average Bonchev–Trinajstić information content (AvgIpc) is 3.06. The summed E-state index contributed by atoms with van der Waals surface area (Å²) in [5.41, 5.74) is 0.840. The molecule has 2 heterocycles. The maximum Gasteiger partial charge on any atom is 0.335 e. The molecule has 0 atom stereocenters. The minimum absolute atomic E-state index is 0.0775. The number of thiophene rings is 1. The van der Waals surface area contributed by atoms with E-state index in [9.17, 15) is 9.59 Å². The Morgan fingerprint density at radius 2 is 2.13 bits per heavy atom. The van der Waals surface area contributed by atoms with E-state index in [2.05, 4.69) is 0 Å². The lowest BCUT2D eigenvalue weighted by atomic mass is 10.1. The summed E-state index contributed by atoms with van der Waals surface area (Å²) in [4.78, 5) is 24.8. The van der Waals surface area contributed by atoms with Gasteiger partial charge in [0.25, 0.3) is 0 Å². The molecule has 0 spiro atoms. The largest absolute Gasteiger partial charge is 0.478 e. The Bertz CT molecular complexity index is 949. The van der Waals surface area contributed by atoms with Crippen molar-refractivity contribution in [2.45, 2.75) is 13.3 Å². The fourth-order valence-corrected chi connectivity index (χ4v) is 3.02. The summed E-state index contributed by atoms with van der Waals surface area (Å²) in [5.74, 6) is -0.549. The van der Waals surface area contributed by atoms with Crippen molar-refractivity contribution in [1.82, 2.24) is 0 Å². The van der Waals surface area contributed by atoms with Crippen molar-refractivity contribution in [2.75, 3.05) is 0 Å². The monoisotopic (exact) mass is 326 g/mol. The van der Waals surface area contributed by atoms with Gasteiger partial charge in [-0.15, -0.1) is 11.3 Å². The number of benzene rings is 1. The lowest BCUT2D eigenvalue weighted by molar-refractivity contribution is 0.0697. The maximum atomic E-state index is 12.6. The van der Waals surface area contributed by atoms with Crippen molar-refractivity contribution in [3.63, 3.8) is 0 Å². The van der Waals surface area contributed by atoms with Gasteiger partial charge in [-0.1, -0.05) is 13.0 Å². The highest BCUT2D eigenvalue weighted by molar-refractivity contribution is 7.10. The lowest BCUT2D eigenvalue weighted by Crippen LogP contribution is -2.11. The number of hydrogen-bond donors (Lipinski definition) is 1. The number of carboxylic acids is 1. The first kappa shape index (κ1) is 15.2. The highest BCUT2D eigenvalue weighted by Crippen LogP contribution is 2.21. The van der Waals surface area contributed by atoms with Gasteiger partial charge in [-0.25, -0.2) is 4.79 Å². The van der Waals surface area contributed by atoms with Crippen molar-refractivity contribution >= 4 is 40.4 Å². The predicted molar refractivity (Wildman–Crippen MR) is 92.1 cm³/mol. The molecule has 0 amide bonds. The number of carbonyl (C=O) groups is 1. The summed E-state index contributed by atoms with van der Waals surface area (Å²) in [6, 6.07) is 8.27. The summed E-state index contributed by atoms with van der Waals surface area (Å²) in [7, 11) is 0. The SMILES string of the molecule is CCc1c(C=Cc2cccs2)oc2ccc(C(=O)O)cc2c1=O. The van der Waals surface area contributed by atoms with Crippen LogP contribution in [-0.2, 0) is 6.42 Å². The molecule has 0 aliphatic heterocycles. The predicted octanol–water partition coefficient (Wildman–Crippen LogP) is 4.29. The van der Waals surface area contributed by atoms with Crippen molar-refractivity contribution in [3.05, 3.63) is 67.7 Å². The third kappa shape index (κ3) is 2.96. The summed E-state index contributed by atoms with van der Waals surface area (Å²) < 4.78 is 5.82. The molecule has 3 aromatic rings. The first-order valence-electron chi connectivity index (χ1n) is 7.14. The van der Waals surface area contributed by atoms with Crippen LogP contribution in [0.2, 0.25) is 0 Å². The van der Waals surface area contributed by atoms with Crippen LogP contribution in [0.4, 0.5) is 0 Å². The topological polar surface area (TPSA) is 67.5 Å². The molecule has 0 radical (unpaired) electrons. The molecule has 116 valence electrons.